The number of para-hydroxylation sites is 3. The van der Waals surface area contributed by atoms with E-state index in [1.54, 1.807) is 42.5 Å². The van der Waals surface area contributed by atoms with E-state index in [1.807, 2.05) is 6.07 Å². The van der Waals surface area contributed by atoms with Crippen molar-refractivity contribution in [3.8, 4) is 11.5 Å². The number of halogens is 1. The fraction of sp³-hybridized carbons (Fsp3) is 0.222. The first-order chi connectivity index (χ1) is 12.0. The van der Waals surface area contributed by atoms with Gasteiger partial charge in [0.05, 0.1) is 10.7 Å². The molecule has 0 bridgehead atoms. The molecule has 25 heavy (non-hydrogen) atoms. The van der Waals surface area contributed by atoms with Gasteiger partial charge in [-0.25, -0.2) is 4.79 Å². The van der Waals surface area contributed by atoms with E-state index < -0.39 is 24.1 Å². The largest absolute Gasteiger partial charge is 0.485 e. The van der Waals surface area contributed by atoms with Gasteiger partial charge in [0.1, 0.15) is 6.61 Å². The monoisotopic (exact) mass is 361 g/mol. The zero-order valence-corrected chi connectivity index (χ0v) is 14.2. The molecule has 1 N–H and O–H groups in total. The molecule has 6 nitrogen and oxygen atoms in total. The van der Waals surface area contributed by atoms with E-state index in [9.17, 15) is 9.59 Å². The fourth-order valence-corrected chi connectivity index (χ4v) is 2.42. The number of carbonyl (C=O) groups excluding carboxylic acids is 2. The van der Waals surface area contributed by atoms with Gasteiger partial charge in [-0.3, -0.25) is 4.79 Å². The number of rotatable bonds is 4. The molecular weight excluding hydrogens is 346 g/mol. The van der Waals surface area contributed by atoms with E-state index in [2.05, 4.69) is 5.32 Å². The lowest BCUT2D eigenvalue weighted by Gasteiger charge is -2.25. The average molecular weight is 362 g/mol. The van der Waals surface area contributed by atoms with Crippen LogP contribution in [0.5, 0.6) is 11.5 Å². The number of esters is 1. The average Bonchev–Trinajstić information content (AvgIpc) is 2.63. The maximum atomic E-state index is 12.2. The molecule has 0 aromatic heterocycles. The molecule has 2 aromatic carbocycles. The highest BCUT2D eigenvalue weighted by Crippen LogP contribution is 2.31. The van der Waals surface area contributed by atoms with Gasteiger partial charge in [0.15, 0.2) is 17.6 Å². The second-order valence-corrected chi connectivity index (χ2v) is 5.82. The number of hydrogen-bond acceptors (Lipinski definition) is 5. The summed E-state index contributed by atoms with van der Waals surface area (Å²) in [5.41, 5.74) is 0.447. The van der Waals surface area contributed by atoms with Crippen molar-refractivity contribution < 1.29 is 23.8 Å². The highest BCUT2D eigenvalue weighted by Gasteiger charge is 2.31. The van der Waals surface area contributed by atoms with Crippen molar-refractivity contribution in [1.82, 2.24) is 0 Å². The number of hydrogen-bond donors (Lipinski definition) is 1. The highest BCUT2D eigenvalue weighted by molar-refractivity contribution is 6.33. The third-order valence-electron chi connectivity index (χ3n) is 3.57. The van der Waals surface area contributed by atoms with Gasteiger partial charge in [-0.1, -0.05) is 35.9 Å². The van der Waals surface area contributed by atoms with Crippen LogP contribution in [0.1, 0.15) is 6.92 Å². The van der Waals surface area contributed by atoms with Crippen LogP contribution in [-0.2, 0) is 14.3 Å². The molecule has 1 aliphatic heterocycles. The molecule has 0 unspecified atom stereocenters. The SMILES string of the molecule is C[C@@H](OC(=O)[C@H]1COc2ccccc2O1)C(=O)Nc1ccccc1Cl. The molecule has 1 heterocycles. The van der Waals surface area contributed by atoms with Gasteiger partial charge in [-0.05, 0) is 31.2 Å². The molecule has 130 valence electrons. The van der Waals surface area contributed by atoms with Crippen LogP contribution in [0.15, 0.2) is 48.5 Å². The number of carbonyl (C=O) groups is 2. The Kier molecular flexibility index (Phi) is 5.09. The molecule has 0 fully saturated rings. The molecule has 3 rings (SSSR count). The van der Waals surface area contributed by atoms with Crippen molar-refractivity contribution in [3.63, 3.8) is 0 Å². The van der Waals surface area contributed by atoms with Crippen LogP contribution in [0, 0.1) is 0 Å². The van der Waals surface area contributed by atoms with Crippen LogP contribution in [-0.4, -0.2) is 30.7 Å². The Labute approximate surface area is 149 Å². The van der Waals surface area contributed by atoms with Crippen LogP contribution in [0.2, 0.25) is 5.02 Å². The fourth-order valence-electron chi connectivity index (χ4n) is 2.24. The molecule has 2 aromatic rings. The summed E-state index contributed by atoms with van der Waals surface area (Å²) in [7, 11) is 0. The maximum absolute atomic E-state index is 12.2. The Hall–Kier alpha value is -2.73. The Balaban J connectivity index is 1.57. The Morgan fingerprint density at radius 3 is 2.60 bits per heavy atom. The lowest BCUT2D eigenvalue weighted by molar-refractivity contribution is -0.162. The van der Waals surface area contributed by atoms with E-state index in [-0.39, 0.29) is 6.61 Å². The van der Waals surface area contributed by atoms with E-state index in [0.717, 1.165) is 0 Å². The zero-order valence-electron chi connectivity index (χ0n) is 13.4. The topological polar surface area (TPSA) is 73.9 Å². The van der Waals surface area contributed by atoms with Crippen molar-refractivity contribution in [2.45, 2.75) is 19.1 Å². The minimum atomic E-state index is -1.01. The van der Waals surface area contributed by atoms with Gasteiger partial charge >= 0.3 is 5.97 Å². The third-order valence-corrected chi connectivity index (χ3v) is 3.89. The number of anilines is 1. The van der Waals surface area contributed by atoms with Crippen molar-refractivity contribution in [2.75, 3.05) is 11.9 Å². The first-order valence-corrected chi connectivity index (χ1v) is 8.07. The van der Waals surface area contributed by atoms with Crippen LogP contribution in [0.4, 0.5) is 5.69 Å². The normalized spacial score (nSPS) is 16.6. The van der Waals surface area contributed by atoms with Crippen LogP contribution in [0.25, 0.3) is 0 Å². The molecule has 1 aliphatic rings. The predicted octanol–water partition coefficient (Wildman–Crippen LogP) is 3.05. The molecule has 0 radical (unpaired) electrons. The summed E-state index contributed by atoms with van der Waals surface area (Å²) in [6.45, 7) is 1.50. The van der Waals surface area contributed by atoms with E-state index >= 15 is 0 Å². The van der Waals surface area contributed by atoms with E-state index in [0.29, 0.717) is 22.2 Å². The van der Waals surface area contributed by atoms with Gasteiger partial charge in [0.25, 0.3) is 5.91 Å². The number of fused-ring (bicyclic) bond motifs is 1. The summed E-state index contributed by atoms with van der Waals surface area (Å²) in [5.74, 6) is -0.130. The summed E-state index contributed by atoms with van der Waals surface area (Å²) < 4.78 is 16.2. The van der Waals surface area contributed by atoms with Gasteiger partial charge < -0.3 is 19.5 Å². The van der Waals surface area contributed by atoms with E-state index in [1.165, 1.54) is 6.92 Å². The van der Waals surface area contributed by atoms with E-state index in [4.69, 9.17) is 25.8 Å². The lowest BCUT2D eigenvalue weighted by Crippen LogP contribution is -2.41. The molecule has 0 spiro atoms. The standard InChI is InChI=1S/C18H16ClNO5/c1-11(17(21)20-13-7-3-2-6-12(13)19)24-18(22)16-10-23-14-8-4-5-9-15(14)25-16/h2-9,11,16H,10H2,1H3,(H,20,21)/t11-,16-/m1/s1. The number of ether oxygens (including phenoxy) is 3. The van der Waals surface area contributed by atoms with Gasteiger partial charge in [0, 0.05) is 0 Å². The summed E-state index contributed by atoms with van der Waals surface area (Å²) in [5, 5.41) is 3.01. The molecule has 0 saturated heterocycles. The molecular formula is C18H16ClNO5. The minimum absolute atomic E-state index is 0.0225. The van der Waals surface area contributed by atoms with Crippen LogP contribution < -0.4 is 14.8 Å². The zero-order chi connectivity index (χ0) is 17.8. The third kappa shape index (κ3) is 4.03. The highest BCUT2D eigenvalue weighted by atomic mass is 35.5. The number of amides is 1. The molecule has 1 amide bonds. The minimum Gasteiger partial charge on any atom is -0.485 e. The maximum Gasteiger partial charge on any atom is 0.351 e. The predicted molar refractivity (Wildman–Crippen MR) is 92.0 cm³/mol. The summed E-state index contributed by atoms with van der Waals surface area (Å²) >= 11 is 5.99. The van der Waals surface area contributed by atoms with Crippen molar-refractivity contribution in [2.24, 2.45) is 0 Å². The second kappa shape index (κ2) is 7.44. The number of benzene rings is 2. The van der Waals surface area contributed by atoms with Gasteiger partial charge in [-0.15, -0.1) is 0 Å². The van der Waals surface area contributed by atoms with Crippen LogP contribution in [0.3, 0.4) is 0 Å². The quantitative estimate of drug-likeness (QED) is 0.847. The molecule has 2 atom stereocenters. The van der Waals surface area contributed by atoms with Gasteiger partial charge in [-0.2, -0.15) is 0 Å². The Bertz CT molecular complexity index is 795. The summed E-state index contributed by atoms with van der Waals surface area (Å²) in [6.07, 6.45) is -1.94. The summed E-state index contributed by atoms with van der Waals surface area (Å²) in [6, 6.07) is 13.8. The van der Waals surface area contributed by atoms with Gasteiger partial charge in [0.2, 0.25) is 6.10 Å². The first-order valence-electron chi connectivity index (χ1n) is 7.69. The van der Waals surface area contributed by atoms with Crippen molar-refractivity contribution >= 4 is 29.2 Å². The molecule has 7 heteroatoms. The molecule has 0 aliphatic carbocycles. The lowest BCUT2D eigenvalue weighted by atomic mass is 10.2. The Morgan fingerprint density at radius 1 is 1.16 bits per heavy atom. The molecule has 0 saturated carbocycles. The van der Waals surface area contributed by atoms with Crippen molar-refractivity contribution in [1.29, 1.82) is 0 Å². The summed E-state index contributed by atoms with van der Waals surface area (Å²) in [4.78, 5) is 24.4. The van der Waals surface area contributed by atoms with Crippen LogP contribution >= 0.6 is 11.6 Å². The number of nitrogens with one attached hydrogen (secondary N) is 1. The van der Waals surface area contributed by atoms with Crippen molar-refractivity contribution in [3.05, 3.63) is 53.6 Å². The smallest absolute Gasteiger partial charge is 0.351 e. The first kappa shape index (κ1) is 17.1. The second-order valence-electron chi connectivity index (χ2n) is 5.41. The Morgan fingerprint density at radius 2 is 1.84 bits per heavy atom.